The molecular weight excluding hydrogens is 563 g/mol. The number of carbonyl (C=O) groups excluding carboxylic acids is 3. The fourth-order valence-corrected chi connectivity index (χ4v) is 6.56. The number of nitrogens with zero attached hydrogens (tertiary/aromatic N) is 5. The molecule has 1 N–H and O–H groups in total. The minimum Gasteiger partial charge on any atom is -0.444 e. The van der Waals surface area contributed by atoms with Gasteiger partial charge in [-0.25, -0.2) is 9.18 Å². The molecule has 1 unspecified atom stereocenters. The summed E-state index contributed by atoms with van der Waals surface area (Å²) in [7, 11) is 0. The molecule has 2 aromatic heterocycles. The number of pyridine rings is 1. The molecule has 2 aliphatic carbocycles. The van der Waals surface area contributed by atoms with Gasteiger partial charge in [0.25, 0.3) is 11.8 Å². The summed E-state index contributed by atoms with van der Waals surface area (Å²) in [5.74, 6) is -0.345. The number of carbonyl (C=O) groups is 3. The van der Waals surface area contributed by atoms with Gasteiger partial charge in [-0.2, -0.15) is 5.10 Å². The number of aromatic nitrogens is 3. The second-order valence-electron chi connectivity index (χ2n) is 13.5. The molecule has 2 saturated carbocycles. The Hall–Kier alpha value is -4.12. The first kappa shape index (κ1) is 28.6. The molecule has 0 bridgehead atoms. The van der Waals surface area contributed by atoms with Crippen LogP contribution in [0.2, 0.25) is 0 Å². The number of hydrogen-bond acceptors (Lipinski definition) is 7. The van der Waals surface area contributed by atoms with Crippen LogP contribution in [-0.2, 0) is 4.74 Å². The Morgan fingerprint density at radius 2 is 1.80 bits per heavy atom. The topological polar surface area (TPSA) is 110 Å². The molecule has 1 saturated heterocycles. The van der Waals surface area contributed by atoms with Crippen molar-refractivity contribution in [2.75, 3.05) is 26.2 Å². The normalized spacial score (nSPS) is 23.5. The number of rotatable bonds is 6. The smallest absolute Gasteiger partial charge is 0.410 e. The summed E-state index contributed by atoms with van der Waals surface area (Å²) in [6, 6.07) is 8.30. The van der Waals surface area contributed by atoms with Crippen LogP contribution in [0, 0.1) is 11.7 Å². The first-order valence-corrected chi connectivity index (χ1v) is 15.5. The van der Waals surface area contributed by atoms with E-state index in [1.807, 2.05) is 31.6 Å². The van der Waals surface area contributed by atoms with Crippen molar-refractivity contribution >= 4 is 17.9 Å². The number of hydrogen-bond donors (Lipinski definition) is 1. The predicted octanol–water partition coefficient (Wildman–Crippen LogP) is 5.09. The Balaban J connectivity index is 1.09. The largest absolute Gasteiger partial charge is 0.444 e. The number of amides is 3. The van der Waals surface area contributed by atoms with Crippen molar-refractivity contribution in [1.29, 1.82) is 0 Å². The molecule has 0 spiro atoms. The summed E-state index contributed by atoms with van der Waals surface area (Å²) < 4.78 is 22.2. The number of nitrogens with one attached hydrogen (secondary N) is 1. The van der Waals surface area contributed by atoms with E-state index in [0.29, 0.717) is 54.5 Å². The molecule has 4 heterocycles. The lowest BCUT2D eigenvalue weighted by atomic mass is 9.80. The number of imide groups is 1. The molecule has 7 rings (SSSR count). The van der Waals surface area contributed by atoms with Gasteiger partial charge in [-0.3, -0.25) is 24.2 Å². The van der Waals surface area contributed by atoms with E-state index in [1.165, 1.54) is 17.2 Å². The van der Waals surface area contributed by atoms with E-state index in [1.54, 1.807) is 29.2 Å². The molecule has 3 fully saturated rings. The first-order chi connectivity index (χ1) is 21.1. The summed E-state index contributed by atoms with van der Waals surface area (Å²) in [4.78, 5) is 46.1. The summed E-state index contributed by atoms with van der Waals surface area (Å²) in [6.45, 7) is 7.30. The van der Waals surface area contributed by atoms with Crippen LogP contribution in [-0.4, -0.2) is 74.3 Å². The maximum absolute atomic E-state index is 14.6. The number of benzene rings is 1. The molecule has 1 atom stereocenters. The van der Waals surface area contributed by atoms with Crippen molar-refractivity contribution in [2.45, 2.75) is 70.1 Å². The van der Waals surface area contributed by atoms with Crippen molar-refractivity contribution in [2.24, 2.45) is 5.92 Å². The Kier molecular flexibility index (Phi) is 7.03. The molecule has 3 aromatic rings. The van der Waals surface area contributed by atoms with Crippen LogP contribution < -0.4 is 5.32 Å². The fourth-order valence-electron chi connectivity index (χ4n) is 6.56. The van der Waals surface area contributed by atoms with E-state index < -0.39 is 11.4 Å². The summed E-state index contributed by atoms with van der Waals surface area (Å²) >= 11 is 0. The Labute approximate surface area is 255 Å². The molecular formula is C33H37FN6O4. The third kappa shape index (κ3) is 5.38. The lowest BCUT2D eigenvalue weighted by Gasteiger charge is -2.37. The van der Waals surface area contributed by atoms with E-state index >= 15 is 0 Å². The standard InChI is InChI=1S/C33H37FN6O4/c1-33(2,3)44-32(43)38-11-10-35-27(18-38)25-14-21(34)15-36-29(25)26-17-40(37-28(26)20-8-9-20)22-12-19(13-22)16-39-30(41)23-6-4-5-7-24(23)31(39)42/h4-7,14-15,17,19-20,22,27,35H,8-13,16,18H2,1-3H3. The van der Waals surface area contributed by atoms with Gasteiger partial charge in [-0.1, -0.05) is 12.1 Å². The van der Waals surface area contributed by atoms with Gasteiger partial charge in [-0.15, -0.1) is 0 Å². The lowest BCUT2D eigenvalue weighted by molar-refractivity contribution is 0.0194. The van der Waals surface area contributed by atoms with Gasteiger partial charge in [0.2, 0.25) is 0 Å². The second kappa shape index (κ2) is 10.8. The van der Waals surface area contributed by atoms with E-state index in [2.05, 4.69) is 10.3 Å². The van der Waals surface area contributed by atoms with Crippen LogP contribution in [0.25, 0.3) is 11.3 Å². The molecule has 4 aliphatic rings. The molecule has 230 valence electrons. The van der Waals surface area contributed by atoms with Crippen LogP contribution in [0.5, 0.6) is 0 Å². The third-order valence-corrected chi connectivity index (χ3v) is 8.97. The molecule has 10 nitrogen and oxygen atoms in total. The van der Waals surface area contributed by atoms with Crippen LogP contribution in [0.15, 0.2) is 42.7 Å². The number of piperazine rings is 1. The van der Waals surface area contributed by atoms with Gasteiger partial charge >= 0.3 is 6.09 Å². The highest BCUT2D eigenvalue weighted by Gasteiger charge is 2.41. The number of halogens is 1. The van der Waals surface area contributed by atoms with Crippen molar-refractivity contribution < 1.29 is 23.5 Å². The van der Waals surface area contributed by atoms with Gasteiger partial charge in [0.05, 0.1) is 40.8 Å². The van der Waals surface area contributed by atoms with Crippen LogP contribution in [0.4, 0.5) is 9.18 Å². The van der Waals surface area contributed by atoms with Gasteiger partial charge in [0, 0.05) is 49.4 Å². The Morgan fingerprint density at radius 3 is 2.45 bits per heavy atom. The zero-order valence-electron chi connectivity index (χ0n) is 25.3. The lowest BCUT2D eigenvalue weighted by Crippen LogP contribution is -2.49. The quantitative estimate of drug-likeness (QED) is 0.393. The van der Waals surface area contributed by atoms with E-state index in [9.17, 15) is 18.8 Å². The maximum atomic E-state index is 14.6. The molecule has 0 radical (unpaired) electrons. The monoisotopic (exact) mass is 600 g/mol. The summed E-state index contributed by atoms with van der Waals surface area (Å²) in [5, 5.41) is 8.47. The van der Waals surface area contributed by atoms with Crippen molar-refractivity contribution in [1.82, 2.24) is 29.9 Å². The fraction of sp³-hybridized carbons (Fsp3) is 0.485. The second-order valence-corrected chi connectivity index (χ2v) is 13.5. The van der Waals surface area contributed by atoms with Crippen LogP contribution >= 0.6 is 0 Å². The zero-order valence-corrected chi connectivity index (χ0v) is 25.3. The van der Waals surface area contributed by atoms with Crippen LogP contribution in [0.3, 0.4) is 0 Å². The van der Waals surface area contributed by atoms with Crippen LogP contribution in [0.1, 0.15) is 96.4 Å². The molecule has 11 heteroatoms. The summed E-state index contributed by atoms with van der Waals surface area (Å²) in [5.41, 5.74) is 3.56. The highest BCUT2D eigenvalue weighted by Crippen LogP contribution is 2.47. The van der Waals surface area contributed by atoms with Crippen molar-refractivity contribution in [3.8, 4) is 11.3 Å². The Bertz CT molecular complexity index is 1600. The van der Waals surface area contributed by atoms with Gasteiger partial charge < -0.3 is 15.0 Å². The molecule has 3 amide bonds. The molecule has 1 aromatic carbocycles. The average molecular weight is 601 g/mol. The SMILES string of the molecule is CC(C)(C)OC(=O)N1CCNC(c2cc(F)cnc2-c2cn(C3CC(CN4C(=O)c5ccccc5C4=O)C3)nc2C2CC2)C1. The van der Waals surface area contributed by atoms with Gasteiger partial charge in [0.15, 0.2) is 0 Å². The van der Waals surface area contributed by atoms with E-state index in [-0.39, 0.29) is 35.9 Å². The number of ether oxygens (including phenoxy) is 1. The summed E-state index contributed by atoms with van der Waals surface area (Å²) in [6.07, 6.45) is 6.57. The molecule has 2 aliphatic heterocycles. The van der Waals surface area contributed by atoms with E-state index in [4.69, 9.17) is 9.84 Å². The Morgan fingerprint density at radius 1 is 1.09 bits per heavy atom. The first-order valence-electron chi connectivity index (χ1n) is 15.5. The van der Waals surface area contributed by atoms with Crippen molar-refractivity contribution in [3.63, 3.8) is 0 Å². The maximum Gasteiger partial charge on any atom is 0.410 e. The van der Waals surface area contributed by atoms with Crippen molar-refractivity contribution in [3.05, 3.63) is 70.9 Å². The highest BCUT2D eigenvalue weighted by molar-refractivity contribution is 6.21. The third-order valence-electron chi connectivity index (χ3n) is 8.97. The predicted molar refractivity (Wildman–Crippen MR) is 160 cm³/mol. The number of fused-ring (bicyclic) bond motifs is 1. The van der Waals surface area contributed by atoms with E-state index in [0.717, 1.165) is 36.9 Å². The highest BCUT2D eigenvalue weighted by atomic mass is 19.1. The van der Waals surface area contributed by atoms with Gasteiger partial charge in [-0.05, 0) is 70.6 Å². The average Bonchev–Trinajstić information content (AvgIpc) is 3.68. The minimum absolute atomic E-state index is 0.140. The molecule has 44 heavy (non-hydrogen) atoms. The minimum atomic E-state index is -0.609. The van der Waals surface area contributed by atoms with Gasteiger partial charge in [0.1, 0.15) is 11.4 Å². The zero-order chi connectivity index (χ0) is 30.7.